The fourth-order valence-corrected chi connectivity index (χ4v) is 5.74. The second-order valence-corrected chi connectivity index (χ2v) is 9.44. The van der Waals surface area contributed by atoms with Crippen molar-refractivity contribution in [1.82, 2.24) is 14.7 Å². The molecule has 1 N–H and O–H groups in total. The number of fused-ring (bicyclic) bond motifs is 2. The molecule has 6 atom stereocenters. The summed E-state index contributed by atoms with van der Waals surface area (Å²) in [5.74, 6) is -2.19. The number of aliphatic hydroxyl groups is 1. The highest BCUT2D eigenvalue weighted by Gasteiger charge is 2.75. The normalized spacial score (nSPS) is 38.2. The summed E-state index contributed by atoms with van der Waals surface area (Å²) in [6, 6.07) is -1.47. The Morgan fingerprint density at radius 1 is 1.13 bits per heavy atom. The quantitative estimate of drug-likeness (QED) is 0.643. The average Bonchev–Trinajstić information content (AvgIpc) is 3.03. The Kier molecular flexibility index (Phi) is 5.50. The Labute approximate surface area is 183 Å². The lowest BCUT2D eigenvalue weighted by Crippen LogP contribution is -2.58. The van der Waals surface area contributed by atoms with Gasteiger partial charge in [-0.2, -0.15) is 0 Å². The van der Waals surface area contributed by atoms with E-state index < -0.39 is 35.1 Å². The van der Waals surface area contributed by atoms with E-state index in [4.69, 9.17) is 4.74 Å². The first-order valence-electron chi connectivity index (χ1n) is 11.2. The number of likely N-dealkylation sites (N-methyl/N-ethyl adjacent to an activating group) is 1. The minimum atomic E-state index is -1.24. The monoisotopic (exact) mass is 431 g/mol. The van der Waals surface area contributed by atoms with Crippen LogP contribution < -0.4 is 0 Å². The summed E-state index contributed by atoms with van der Waals surface area (Å²) in [6.07, 6.45) is 9.30. The van der Waals surface area contributed by atoms with E-state index >= 15 is 0 Å². The van der Waals surface area contributed by atoms with Gasteiger partial charge in [-0.25, -0.2) is 0 Å². The summed E-state index contributed by atoms with van der Waals surface area (Å²) in [5, 5.41) is 9.89. The standard InChI is InChI=1S/C23H33N3O5/c1-5-6-12-25-13-8-10-23-17(20(29)26(15(2)14-27)18(23)21(25)30)16-19(28)24(4)11-7-9-22(16,3)31-23/h7-10,15-18,27H,5-6,11-14H2,1-4H3/t15-,16+,17+,18?,22-,23+/m1/s1. The van der Waals surface area contributed by atoms with Gasteiger partial charge in [0.05, 0.1) is 30.1 Å². The van der Waals surface area contributed by atoms with Gasteiger partial charge in [0.1, 0.15) is 11.6 Å². The molecule has 3 amide bonds. The maximum absolute atomic E-state index is 13.8. The van der Waals surface area contributed by atoms with Crippen molar-refractivity contribution < 1.29 is 24.2 Å². The highest BCUT2D eigenvalue weighted by molar-refractivity contribution is 6.00. The zero-order valence-electron chi connectivity index (χ0n) is 18.8. The van der Waals surface area contributed by atoms with E-state index in [1.54, 1.807) is 23.8 Å². The minimum Gasteiger partial charge on any atom is -0.394 e. The van der Waals surface area contributed by atoms with Crippen molar-refractivity contribution in [1.29, 1.82) is 0 Å². The van der Waals surface area contributed by atoms with E-state index in [0.717, 1.165) is 12.8 Å². The van der Waals surface area contributed by atoms with Crippen molar-refractivity contribution >= 4 is 17.7 Å². The molecular formula is C23H33N3O5. The van der Waals surface area contributed by atoms with E-state index in [9.17, 15) is 19.5 Å². The van der Waals surface area contributed by atoms with Gasteiger partial charge in [-0.15, -0.1) is 0 Å². The fraction of sp³-hybridized carbons (Fsp3) is 0.696. The largest absolute Gasteiger partial charge is 0.394 e. The summed E-state index contributed by atoms with van der Waals surface area (Å²) in [6.45, 7) is 6.83. The minimum absolute atomic E-state index is 0.159. The molecule has 0 radical (unpaired) electrons. The van der Waals surface area contributed by atoms with Crippen LogP contribution in [0, 0.1) is 11.8 Å². The molecule has 31 heavy (non-hydrogen) atoms. The summed E-state index contributed by atoms with van der Waals surface area (Å²) in [4.78, 5) is 45.8. The van der Waals surface area contributed by atoms with Gasteiger partial charge in [0.2, 0.25) is 17.7 Å². The van der Waals surface area contributed by atoms with Gasteiger partial charge >= 0.3 is 0 Å². The molecule has 4 rings (SSSR count). The van der Waals surface area contributed by atoms with Gasteiger partial charge in [-0.1, -0.05) is 37.6 Å². The molecule has 0 bridgehead atoms. The van der Waals surface area contributed by atoms with Crippen LogP contribution in [0.5, 0.6) is 0 Å². The molecule has 0 aromatic rings. The molecule has 8 nitrogen and oxygen atoms in total. The van der Waals surface area contributed by atoms with Crippen molar-refractivity contribution in [3.8, 4) is 0 Å². The van der Waals surface area contributed by atoms with Crippen molar-refractivity contribution in [3.63, 3.8) is 0 Å². The molecule has 0 aromatic heterocycles. The third kappa shape index (κ3) is 3.06. The van der Waals surface area contributed by atoms with Gasteiger partial charge in [0, 0.05) is 26.7 Å². The number of ether oxygens (including phenoxy) is 1. The Bertz CT molecular complexity index is 841. The van der Waals surface area contributed by atoms with Crippen LogP contribution in [0.4, 0.5) is 0 Å². The molecule has 0 aliphatic carbocycles. The molecule has 4 aliphatic heterocycles. The van der Waals surface area contributed by atoms with Crippen LogP contribution >= 0.6 is 0 Å². The maximum atomic E-state index is 13.8. The molecule has 1 spiro atoms. The number of hydrogen-bond donors (Lipinski definition) is 1. The van der Waals surface area contributed by atoms with Crippen molar-refractivity contribution in [3.05, 3.63) is 24.3 Å². The lowest BCUT2D eigenvalue weighted by atomic mass is 9.74. The summed E-state index contributed by atoms with van der Waals surface area (Å²) < 4.78 is 6.65. The summed E-state index contributed by atoms with van der Waals surface area (Å²) in [7, 11) is 1.72. The van der Waals surface area contributed by atoms with Crippen LogP contribution in [-0.2, 0) is 19.1 Å². The third-order valence-electron chi connectivity index (χ3n) is 7.30. The number of unbranched alkanes of at least 4 members (excludes halogenated alkanes) is 1. The fourth-order valence-electron chi connectivity index (χ4n) is 5.74. The van der Waals surface area contributed by atoms with Crippen LogP contribution in [-0.4, -0.2) is 94.1 Å². The second-order valence-electron chi connectivity index (χ2n) is 9.44. The van der Waals surface area contributed by atoms with E-state index in [1.807, 2.05) is 31.2 Å². The maximum Gasteiger partial charge on any atom is 0.249 e. The van der Waals surface area contributed by atoms with Gasteiger partial charge in [-0.05, 0) is 20.3 Å². The molecular weight excluding hydrogens is 398 g/mol. The summed E-state index contributed by atoms with van der Waals surface area (Å²) >= 11 is 0. The topological polar surface area (TPSA) is 90.4 Å². The molecule has 4 aliphatic rings. The van der Waals surface area contributed by atoms with Crippen LogP contribution in [0.3, 0.4) is 0 Å². The number of carbonyl (C=O) groups is 3. The molecule has 1 unspecified atom stereocenters. The van der Waals surface area contributed by atoms with Crippen LogP contribution in [0.25, 0.3) is 0 Å². The molecule has 0 saturated carbocycles. The molecule has 2 fully saturated rings. The molecule has 2 saturated heterocycles. The van der Waals surface area contributed by atoms with Crippen molar-refractivity contribution in [2.75, 3.05) is 33.3 Å². The predicted molar refractivity (Wildman–Crippen MR) is 114 cm³/mol. The van der Waals surface area contributed by atoms with Crippen molar-refractivity contribution in [2.45, 2.75) is 56.9 Å². The smallest absolute Gasteiger partial charge is 0.249 e. The van der Waals surface area contributed by atoms with Crippen LogP contribution in [0.1, 0.15) is 33.6 Å². The number of rotatable bonds is 5. The van der Waals surface area contributed by atoms with E-state index in [2.05, 4.69) is 6.92 Å². The first-order valence-corrected chi connectivity index (χ1v) is 11.2. The number of nitrogens with zero attached hydrogens (tertiary/aromatic N) is 3. The lowest BCUT2D eigenvalue weighted by molar-refractivity contribution is -0.155. The molecule has 4 heterocycles. The van der Waals surface area contributed by atoms with Crippen LogP contribution in [0.2, 0.25) is 0 Å². The number of aliphatic hydroxyl groups excluding tert-OH is 1. The summed E-state index contributed by atoms with van der Waals surface area (Å²) in [5.41, 5.74) is -2.23. The van der Waals surface area contributed by atoms with Gasteiger partial charge in [0.15, 0.2) is 0 Å². The third-order valence-corrected chi connectivity index (χ3v) is 7.30. The zero-order chi connectivity index (χ0) is 22.6. The van der Waals surface area contributed by atoms with E-state index in [1.165, 1.54) is 4.90 Å². The number of carbonyl (C=O) groups excluding carboxylic acids is 3. The van der Waals surface area contributed by atoms with E-state index in [-0.39, 0.29) is 24.3 Å². The zero-order valence-corrected chi connectivity index (χ0v) is 18.8. The molecule has 0 aromatic carbocycles. The van der Waals surface area contributed by atoms with Gasteiger partial charge in [0.25, 0.3) is 0 Å². The number of amides is 3. The Hall–Kier alpha value is -2.19. The van der Waals surface area contributed by atoms with Gasteiger partial charge in [-0.3, -0.25) is 14.4 Å². The Morgan fingerprint density at radius 3 is 2.52 bits per heavy atom. The Morgan fingerprint density at radius 2 is 1.84 bits per heavy atom. The predicted octanol–water partition coefficient (Wildman–Crippen LogP) is 0.565. The van der Waals surface area contributed by atoms with Gasteiger partial charge < -0.3 is 24.5 Å². The average molecular weight is 432 g/mol. The number of hydrogen-bond acceptors (Lipinski definition) is 5. The SMILES string of the molecule is CCCCN1CC=C[C@]23O[C@]4(C)C=CCN(C)C(=O)[C@@H]4[C@H]2C(=O)N([C@H](C)CO)C3C1=O. The highest BCUT2D eigenvalue weighted by Crippen LogP contribution is 2.57. The highest BCUT2D eigenvalue weighted by atomic mass is 16.5. The molecule has 8 heteroatoms. The first-order chi connectivity index (χ1) is 14.7. The number of likely N-dealkylation sites (tertiary alicyclic amines) is 1. The lowest BCUT2D eigenvalue weighted by Gasteiger charge is -2.39. The Balaban J connectivity index is 1.86. The van der Waals surface area contributed by atoms with Crippen LogP contribution in [0.15, 0.2) is 24.3 Å². The first kappa shape index (κ1) is 22.0. The second kappa shape index (κ2) is 7.74. The van der Waals surface area contributed by atoms with Crippen molar-refractivity contribution in [2.24, 2.45) is 11.8 Å². The van der Waals surface area contributed by atoms with E-state index in [0.29, 0.717) is 19.6 Å². The molecule has 170 valence electrons.